The Labute approximate surface area is 140 Å². The number of halogens is 1. The molecule has 0 spiro atoms. The number of hydrogen-bond donors (Lipinski definition) is 0. The first-order valence-corrected chi connectivity index (χ1v) is 7.98. The van der Waals surface area contributed by atoms with E-state index in [1.807, 2.05) is 0 Å². The van der Waals surface area contributed by atoms with Gasteiger partial charge in [0.1, 0.15) is 0 Å². The quantitative estimate of drug-likeness (QED) is 0.826. The van der Waals surface area contributed by atoms with Crippen molar-refractivity contribution in [2.75, 3.05) is 37.6 Å². The Balaban J connectivity index is 0.00000176. The molecule has 1 aliphatic heterocycles. The molecule has 0 N–H and O–H groups in total. The third-order valence-electron chi connectivity index (χ3n) is 4.28. The van der Waals surface area contributed by atoms with Gasteiger partial charge in [0.05, 0.1) is 0 Å². The van der Waals surface area contributed by atoms with Crippen LogP contribution in [0.4, 0.5) is 5.69 Å². The molecular weight excluding hydrogens is 292 g/mol. The van der Waals surface area contributed by atoms with Gasteiger partial charge in [0.2, 0.25) is 0 Å². The van der Waals surface area contributed by atoms with E-state index >= 15 is 0 Å². The number of hydrogen-bond acceptors (Lipinski definition) is 2. The van der Waals surface area contributed by atoms with Gasteiger partial charge in [-0.25, -0.2) is 0 Å². The van der Waals surface area contributed by atoms with Gasteiger partial charge in [-0.05, 0) is 37.1 Å². The first-order chi connectivity index (χ1) is 10.4. The molecule has 3 rings (SSSR count). The minimum Gasteiger partial charge on any atom is -0.369 e. The molecule has 0 aliphatic carbocycles. The molecule has 0 unspecified atom stereocenters. The summed E-state index contributed by atoms with van der Waals surface area (Å²) in [7, 11) is 0. The monoisotopic (exact) mass is 316 g/mol. The predicted octanol–water partition coefficient (Wildman–Crippen LogP) is 3.86. The van der Waals surface area contributed by atoms with Gasteiger partial charge in [0.15, 0.2) is 0 Å². The van der Waals surface area contributed by atoms with E-state index < -0.39 is 0 Å². The predicted molar refractivity (Wildman–Crippen MR) is 97.1 cm³/mol. The van der Waals surface area contributed by atoms with Crippen LogP contribution in [0.5, 0.6) is 0 Å². The molecule has 2 aromatic carbocycles. The molecule has 118 valence electrons. The molecule has 2 aromatic rings. The fourth-order valence-electron chi connectivity index (χ4n) is 3.02. The summed E-state index contributed by atoms with van der Waals surface area (Å²) in [4.78, 5) is 5.09. The minimum absolute atomic E-state index is 0. The highest BCUT2D eigenvalue weighted by Gasteiger charge is 2.16. The van der Waals surface area contributed by atoms with Crippen molar-refractivity contribution >= 4 is 18.1 Å². The second kappa shape index (κ2) is 8.82. The van der Waals surface area contributed by atoms with Gasteiger partial charge in [-0.3, -0.25) is 4.90 Å². The van der Waals surface area contributed by atoms with Crippen LogP contribution in [-0.2, 0) is 6.42 Å². The van der Waals surface area contributed by atoms with Crippen molar-refractivity contribution in [2.24, 2.45) is 0 Å². The average molecular weight is 317 g/mol. The second-order valence-electron chi connectivity index (χ2n) is 5.75. The van der Waals surface area contributed by atoms with Crippen molar-refractivity contribution < 1.29 is 0 Å². The SMILES string of the molecule is Cl.c1ccc(CCCN2CCN(c3ccccc3)CC2)cc1. The van der Waals surface area contributed by atoms with Crippen molar-refractivity contribution in [2.45, 2.75) is 12.8 Å². The van der Waals surface area contributed by atoms with E-state index in [0.29, 0.717) is 0 Å². The largest absolute Gasteiger partial charge is 0.369 e. The zero-order chi connectivity index (χ0) is 14.3. The molecule has 1 saturated heterocycles. The van der Waals surface area contributed by atoms with E-state index in [0.717, 1.165) is 13.1 Å². The molecule has 1 heterocycles. The summed E-state index contributed by atoms with van der Waals surface area (Å²) in [5, 5.41) is 0. The molecular formula is C19H25ClN2. The molecule has 1 fully saturated rings. The van der Waals surface area contributed by atoms with Gasteiger partial charge in [-0.2, -0.15) is 0 Å². The van der Waals surface area contributed by atoms with Crippen LogP contribution >= 0.6 is 12.4 Å². The summed E-state index contributed by atoms with van der Waals surface area (Å²) in [5.41, 5.74) is 2.82. The fraction of sp³-hybridized carbons (Fsp3) is 0.368. The Morgan fingerprint density at radius 2 is 1.32 bits per heavy atom. The number of para-hydroxylation sites is 1. The molecule has 0 amide bonds. The smallest absolute Gasteiger partial charge is 0.0367 e. The van der Waals surface area contributed by atoms with Crippen molar-refractivity contribution in [1.29, 1.82) is 0 Å². The van der Waals surface area contributed by atoms with Crippen LogP contribution in [0.25, 0.3) is 0 Å². The van der Waals surface area contributed by atoms with E-state index in [1.54, 1.807) is 0 Å². The van der Waals surface area contributed by atoms with Gasteiger partial charge >= 0.3 is 0 Å². The summed E-state index contributed by atoms with van der Waals surface area (Å²) in [5.74, 6) is 0. The summed E-state index contributed by atoms with van der Waals surface area (Å²) in [6, 6.07) is 21.6. The van der Waals surface area contributed by atoms with Crippen LogP contribution in [0.15, 0.2) is 60.7 Å². The molecule has 0 saturated carbocycles. The lowest BCUT2D eigenvalue weighted by Crippen LogP contribution is -2.46. The lowest BCUT2D eigenvalue weighted by molar-refractivity contribution is 0.255. The molecule has 3 heteroatoms. The molecule has 0 aromatic heterocycles. The zero-order valence-electron chi connectivity index (χ0n) is 13.0. The Bertz CT molecular complexity index is 519. The van der Waals surface area contributed by atoms with E-state index in [1.165, 1.54) is 43.7 Å². The second-order valence-corrected chi connectivity index (χ2v) is 5.75. The Morgan fingerprint density at radius 1 is 0.727 bits per heavy atom. The number of rotatable bonds is 5. The lowest BCUT2D eigenvalue weighted by atomic mass is 10.1. The molecule has 2 nitrogen and oxygen atoms in total. The summed E-state index contributed by atoms with van der Waals surface area (Å²) >= 11 is 0. The van der Waals surface area contributed by atoms with Gasteiger partial charge < -0.3 is 4.90 Å². The van der Waals surface area contributed by atoms with Crippen LogP contribution in [0.3, 0.4) is 0 Å². The summed E-state index contributed by atoms with van der Waals surface area (Å²) in [6.07, 6.45) is 2.45. The maximum atomic E-state index is 2.60. The standard InChI is InChI=1S/C19H24N2.ClH/c1-3-8-18(9-4-1)10-7-13-20-14-16-21(17-15-20)19-11-5-2-6-12-19;/h1-6,8-9,11-12H,7,10,13-17H2;1H. The third-order valence-corrected chi connectivity index (χ3v) is 4.28. The first-order valence-electron chi connectivity index (χ1n) is 7.98. The highest BCUT2D eigenvalue weighted by atomic mass is 35.5. The number of anilines is 1. The summed E-state index contributed by atoms with van der Waals surface area (Å²) < 4.78 is 0. The average Bonchev–Trinajstić information content (AvgIpc) is 2.57. The topological polar surface area (TPSA) is 6.48 Å². The van der Waals surface area contributed by atoms with Crippen molar-refractivity contribution in [1.82, 2.24) is 4.90 Å². The molecule has 0 atom stereocenters. The van der Waals surface area contributed by atoms with Crippen LogP contribution in [0.2, 0.25) is 0 Å². The van der Waals surface area contributed by atoms with E-state index in [4.69, 9.17) is 0 Å². The Hall–Kier alpha value is -1.51. The molecule has 0 radical (unpaired) electrons. The Kier molecular flexibility index (Phi) is 6.75. The van der Waals surface area contributed by atoms with Crippen LogP contribution < -0.4 is 4.90 Å². The maximum absolute atomic E-state index is 2.60. The molecule has 22 heavy (non-hydrogen) atoms. The number of nitrogens with zero attached hydrogens (tertiary/aromatic N) is 2. The normalized spacial score (nSPS) is 15.4. The van der Waals surface area contributed by atoms with Gasteiger partial charge in [0.25, 0.3) is 0 Å². The van der Waals surface area contributed by atoms with Gasteiger partial charge in [-0.15, -0.1) is 12.4 Å². The van der Waals surface area contributed by atoms with E-state index in [-0.39, 0.29) is 12.4 Å². The first kappa shape index (κ1) is 16.9. The zero-order valence-corrected chi connectivity index (χ0v) is 13.8. The van der Waals surface area contributed by atoms with Crippen LogP contribution in [0.1, 0.15) is 12.0 Å². The number of piperazine rings is 1. The maximum Gasteiger partial charge on any atom is 0.0367 e. The van der Waals surface area contributed by atoms with E-state index in [2.05, 4.69) is 70.5 Å². The Morgan fingerprint density at radius 3 is 1.95 bits per heavy atom. The van der Waals surface area contributed by atoms with E-state index in [9.17, 15) is 0 Å². The molecule has 0 bridgehead atoms. The summed E-state index contributed by atoms with van der Waals surface area (Å²) in [6.45, 7) is 5.88. The van der Waals surface area contributed by atoms with Crippen molar-refractivity contribution in [3.05, 3.63) is 66.2 Å². The third kappa shape index (κ3) is 4.75. The van der Waals surface area contributed by atoms with Crippen LogP contribution in [-0.4, -0.2) is 37.6 Å². The molecule has 1 aliphatic rings. The van der Waals surface area contributed by atoms with Gasteiger partial charge in [0, 0.05) is 31.9 Å². The fourth-order valence-corrected chi connectivity index (χ4v) is 3.02. The lowest BCUT2D eigenvalue weighted by Gasteiger charge is -2.36. The number of aryl methyl sites for hydroxylation is 1. The highest BCUT2D eigenvalue weighted by Crippen LogP contribution is 2.15. The highest BCUT2D eigenvalue weighted by molar-refractivity contribution is 5.85. The van der Waals surface area contributed by atoms with Crippen molar-refractivity contribution in [3.63, 3.8) is 0 Å². The van der Waals surface area contributed by atoms with Crippen molar-refractivity contribution in [3.8, 4) is 0 Å². The van der Waals surface area contributed by atoms with Gasteiger partial charge in [-0.1, -0.05) is 48.5 Å². The van der Waals surface area contributed by atoms with Crippen LogP contribution in [0, 0.1) is 0 Å². The minimum atomic E-state index is 0. The number of benzene rings is 2.